The molecule has 0 aliphatic rings. The molecule has 1 heterocycles. The molecule has 122 valence electrons. The number of halogens is 1. The van der Waals surface area contributed by atoms with Crippen molar-refractivity contribution in [3.63, 3.8) is 0 Å². The third-order valence-electron chi connectivity index (χ3n) is 3.54. The Morgan fingerprint density at radius 2 is 1.71 bits per heavy atom. The predicted octanol–water partition coefficient (Wildman–Crippen LogP) is 4.92. The van der Waals surface area contributed by atoms with E-state index in [4.69, 9.17) is 11.6 Å². The van der Waals surface area contributed by atoms with Gasteiger partial charge in [0.2, 0.25) is 5.95 Å². The second kappa shape index (κ2) is 8.31. The van der Waals surface area contributed by atoms with Crippen molar-refractivity contribution in [1.29, 1.82) is 0 Å². The molecule has 1 aromatic heterocycles. The zero-order valence-corrected chi connectivity index (χ0v) is 14.0. The molecule has 0 saturated heterocycles. The number of anilines is 3. The Morgan fingerprint density at radius 1 is 0.917 bits per heavy atom. The van der Waals surface area contributed by atoms with Gasteiger partial charge in [0, 0.05) is 23.5 Å². The van der Waals surface area contributed by atoms with Crippen molar-refractivity contribution in [2.45, 2.75) is 12.8 Å². The van der Waals surface area contributed by atoms with Crippen molar-refractivity contribution < 1.29 is 0 Å². The van der Waals surface area contributed by atoms with Crippen LogP contribution in [0.15, 0.2) is 66.9 Å². The summed E-state index contributed by atoms with van der Waals surface area (Å²) in [6, 6.07) is 19.8. The second-order valence-corrected chi connectivity index (χ2v) is 5.85. The molecule has 0 spiro atoms. The summed E-state index contributed by atoms with van der Waals surface area (Å²) in [5, 5.41) is 7.22. The number of rotatable bonds is 7. The first-order chi connectivity index (χ1) is 11.8. The minimum absolute atomic E-state index is 0.627. The van der Waals surface area contributed by atoms with Crippen molar-refractivity contribution in [2.75, 3.05) is 17.2 Å². The molecule has 0 fully saturated rings. The fourth-order valence-electron chi connectivity index (χ4n) is 2.33. The number of hydrogen-bond donors (Lipinski definition) is 2. The molecule has 3 rings (SSSR count). The summed E-state index contributed by atoms with van der Waals surface area (Å²) in [5.41, 5.74) is 2.28. The van der Waals surface area contributed by atoms with Crippen LogP contribution in [0.1, 0.15) is 12.0 Å². The summed E-state index contributed by atoms with van der Waals surface area (Å²) in [7, 11) is 0. The molecule has 2 aromatic carbocycles. The molecule has 0 atom stereocenters. The van der Waals surface area contributed by atoms with Crippen LogP contribution >= 0.6 is 11.6 Å². The fraction of sp³-hybridized carbons (Fsp3) is 0.158. The van der Waals surface area contributed by atoms with Crippen LogP contribution in [-0.2, 0) is 6.42 Å². The topological polar surface area (TPSA) is 49.8 Å². The van der Waals surface area contributed by atoms with Crippen LogP contribution in [0.5, 0.6) is 0 Å². The van der Waals surface area contributed by atoms with Gasteiger partial charge in [0.15, 0.2) is 0 Å². The van der Waals surface area contributed by atoms with Gasteiger partial charge in [-0.05, 0) is 48.7 Å². The van der Waals surface area contributed by atoms with Crippen molar-refractivity contribution in [2.24, 2.45) is 0 Å². The van der Waals surface area contributed by atoms with Gasteiger partial charge >= 0.3 is 0 Å². The first kappa shape index (κ1) is 16.3. The monoisotopic (exact) mass is 338 g/mol. The Morgan fingerprint density at radius 3 is 2.50 bits per heavy atom. The highest BCUT2D eigenvalue weighted by Crippen LogP contribution is 2.18. The van der Waals surface area contributed by atoms with Crippen LogP contribution in [0.25, 0.3) is 0 Å². The van der Waals surface area contributed by atoms with Crippen molar-refractivity contribution in [3.8, 4) is 0 Å². The Balaban J connectivity index is 1.50. The first-order valence-corrected chi connectivity index (χ1v) is 8.31. The highest BCUT2D eigenvalue weighted by atomic mass is 35.5. The first-order valence-electron chi connectivity index (χ1n) is 7.93. The summed E-state index contributed by atoms with van der Waals surface area (Å²) < 4.78 is 0. The normalized spacial score (nSPS) is 10.4. The second-order valence-electron chi connectivity index (χ2n) is 5.41. The molecule has 0 amide bonds. The summed E-state index contributed by atoms with van der Waals surface area (Å²) in [5.74, 6) is 1.37. The molecule has 3 aromatic rings. The predicted molar refractivity (Wildman–Crippen MR) is 100 cm³/mol. The lowest BCUT2D eigenvalue weighted by Gasteiger charge is -2.08. The lowest BCUT2D eigenvalue weighted by molar-refractivity contribution is 0.853. The van der Waals surface area contributed by atoms with Crippen molar-refractivity contribution in [3.05, 3.63) is 77.4 Å². The maximum absolute atomic E-state index is 5.89. The van der Waals surface area contributed by atoms with Gasteiger partial charge in [0.1, 0.15) is 5.82 Å². The summed E-state index contributed by atoms with van der Waals surface area (Å²) >= 11 is 5.89. The molecule has 0 aliphatic carbocycles. The SMILES string of the molecule is Clc1ccc(Nc2ccnc(NCCCc3ccccc3)n2)cc1. The maximum atomic E-state index is 5.89. The summed E-state index contributed by atoms with van der Waals surface area (Å²) in [6.45, 7) is 0.833. The van der Waals surface area contributed by atoms with E-state index in [1.807, 2.05) is 36.4 Å². The van der Waals surface area contributed by atoms with Gasteiger partial charge in [-0.2, -0.15) is 4.98 Å². The minimum Gasteiger partial charge on any atom is -0.354 e. The minimum atomic E-state index is 0.627. The van der Waals surface area contributed by atoms with E-state index in [9.17, 15) is 0 Å². The van der Waals surface area contributed by atoms with Gasteiger partial charge in [-0.1, -0.05) is 41.9 Å². The molecule has 24 heavy (non-hydrogen) atoms. The molecule has 0 saturated carbocycles. The van der Waals surface area contributed by atoms with Crippen LogP contribution in [0, 0.1) is 0 Å². The Bertz CT molecular complexity index is 760. The van der Waals surface area contributed by atoms with Gasteiger partial charge in [0.25, 0.3) is 0 Å². The average molecular weight is 339 g/mol. The van der Waals surface area contributed by atoms with Crippen LogP contribution in [-0.4, -0.2) is 16.5 Å². The number of hydrogen-bond acceptors (Lipinski definition) is 4. The largest absolute Gasteiger partial charge is 0.354 e. The molecule has 0 aliphatic heterocycles. The van der Waals surface area contributed by atoms with Gasteiger partial charge < -0.3 is 10.6 Å². The average Bonchev–Trinajstić information content (AvgIpc) is 2.62. The van der Waals surface area contributed by atoms with Gasteiger partial charge in [-0.25, -0.2) is 4.98 Å². The number of nitrogens with zero attached hydrogens (tertiary/aromatic N) is 2. The Kier molecular flexibility index (Phi) is 5.64. The smallest absolute Gasteiger partial charge is 0.224 e. The number of aromatic nitrogens is 2. The number of nitrogens with one attached hydrogen (secondary N) is 2. The molecular formula is C19H19ClN4. The standard InChI is InChI=1S/C19H19ClN4/c20-16-8-10-17(11-9-16)23-18-12-14-22-19(24-18)21-13-4-7-15-5-2-1-3-6-15/h1-3,5-6,8-12,14H,4,7,13H2,(H2,21,22,23,24). The molecule has 0 unspecified atom stereocenters. The van der Waals surface area contributed by atoms with Crippen LogP contribution in [0.2, 0.25) is 5.02 Å². The van der Waals surface area contributed by atoms with Crippen LogP contribution < -0.4 is 10.6 Å². The van der Waals surface area contributed by atoms with Crippen LogP contribution in [0.4, 0.5) is 17.5 Å². The zero-order chi connectivity index (χ0) is 16.6. The van der Waals surface area contributed by atoms with Gasteiger partial charge in [0.05, 0.1) is 0 Å². The van der Waals surface area contributed by atoms with Gasteiger partial charge in [-0.15, -0.1) is 0 Å². The lowest BCUT2D eigenvalue weighted by Crippen LogP contribution is -2.07. The molecule has 0 radical (unpaired) electrons. The van der Waals surface area contributed by atoms with Crippen molar-refractivity contribution >= 4 is 29.1 Å². The lowest BCUT2D eigenvalue weighted by atomic mass is 10.1. The van der Waals surface area contributed by atoms with E-state index >= 15 is 0 Å². The zero-order valence-electron chi connectivity index (χ0n) is 13.2. The number of aryl methyl sites for hydroxylation is 1. The highest BCUT2D eigenvalue weighted by molar-refractivity contribution is 6.30. The van der Waals surface area contributed by atoms with E-state index in [1.165, 1.54) is 5.56 Å². The van der Waals surface area contributed by atoms with E-state index in [0.29, 0.717) is 11.0 Å². The Labute approximate surface area is 146 Å². The molecule has 5 heteroatoms. The molecular weight excluding hydrogens is 320 g/mol. The van der Waals surface area contributed by atoms with E-state index in [-0.39, 0.29) is 0 Å². The number of benzene rings is 2. The quantitative estimate of drug-likeness (QED) is 0.600. The molecule has 2 N–H and O–H groups in total. The van der Waals surface area contributed by atoms with E-state index in [0.717, 1.165) is 30.9 Å². The third-order valence-corrected chi connectivity index (χ3v) is 3.79. The van der Waals surface area contributed by atoms with Crippen LogP contribution in [0.3, 0.4) is 0 Å². The molecule has 4 nitrogen and oxygen atoms in total. The molecule has 0 bridgehead atoms. The highest BCUT2D eigenvalue weighted by Gasteiger charge is 2.00. The third kappa shape index (κ3) is 4.96. The fourth-order valence-corrected chi connectivity index (χ4v) is 2.46. The summed E-state index contributed by atoms with van der Waals surface area (Å²) in [4.78, 5) is 8.73. The van der Waals surface area contributed by atoms with E-state index < -0.39 is 0 Å². The van der Waals surface area contributed by atoms with Gasteiger partial charge in [-0.3, -0.25) is 0 Å². The Hall–Kier alpha value is -2.59. The maximum Gasteiger partial charge on any atom is 0.224 e. The van der Waals surface area contributed by atoms with Crippen molar-refractivity contribution in [1.82, 2.24) is 9.97 Å². The van der Waals surface area contributed by atoms with E-state index in [2.05, 4.69) is 44.9 Å². The summed E-state index contributed by atoms with van der Waals surface area (Å²) in [6.07, 6.45) is 3.81. The van der Waals surface area contributed by atoms with E-state index in [1.54, 1.807) is 6.20 Å².